The summed E-state index contributed by atoms with van der Waals surface area (Å²) < 4.78 is 16.5. The summed E-state index contributed by atoms with van der Waals surface area (Å²) in [6.45, 7) is 4.08. The first-order valence-corrected chi connectivity index (χ1v) is 7.64. The largest absolute Gasteiger partial charge is 0.486 e. The van der Waals surface area contributed by atoms with Crippen molar-refractivity contribution in [3.05, 3.63) is 53.6 Å². The van der Waals surface area contributed by atoms with Crippen LogP contribution in [-0.2, 0) is 11.3 Å². The molecule has 1 heterocycles. The number of rotatable bonds is 5. The minimum Gasteiger partial charge on any atom is -0.486 e. The van der Waals surface area contributed by atoms with E-state index >= 15 is 0 Å². The molecule has 1 aliphatic rings. The maximum absolute atomic E-state index is 12.5. The predicted molar refractivity (Wildman–Crippen MR) is 87.2 cm³/mol. The molecule has 0 aromatic heterocycles. The van der Waals surface area contributed by atoms with Crippen LogP contribution in [0.2, 0.25) is 0 Å². The first-order valence-electron chi connectivity index (χ1n) is 7.64. The van der Waals surface area contributed by atoms with Gasteiger partial charge in [0.15, 0.2) is 11.5 Å². The fraction of sp³-hybridized carbons (Fsp3) is 0.278. The molecule has 0 aliphatic carbocycles. The molecule has 23 heavy (non-hydrogen) atoms. The second kappa shape index (κ2) is 7.15. The summed E-state index contributed by atoms with van der Waals surface area (Å²) in [5, 5.41) is 2.90. The topological polar surface area (TPSA) is 56.8 Å². The third-order valence-corrected chi connectivity index (χ3v) is 3.47. The lowest BCUT2D eigenvalue weighted by atomic mass is 10.1. The molecule has 1 amide bonds. The second-order valence-electron chi connectivity index (χ2n) is 5.12. The Hall–Kier alpha value is -2.53. The molecule has 5 nitrogen and oxygen atoms in total. The van der Waals surface area contributed by atoms with Crippen LogP contribution < -0.4 is 14.8 Å². The molecule has 5 heteroatoms. The van der Waals surface area contributed by atoms with E-state index in [0.717, 1.165) is 11.3 Å². The van der Waals surface area contributed by atoms with Gasteiger partial charge in [-0.1, -0.05) is 18.2 Å². The molecule has 2 aromatic carbocycles. The molecule has 0 bridgehead atoms. The minimum atomic E-state index is -0.221. The molecule has 1 N–H and O–H groups in total. The summed E-state index contributed by atoms with van der Waals surface area (Å²) in [6.07, 6.45) is 0. The summed E-state index contributed by atoms with van der Waals surface area (Å²) in [6, 6.07) is 12.9. The van der Waals surface area contributed by atoms with Crippen molar-refractivity contribution in [2.24, 2.45) is 0 Å². The summed E-state index contributed by atoms with van der Waals surface area (Å²) in [4.78, 5) is 12.5. The molecule has 0 unspecified atom stereocenters. The van der Waals surface area contributed by atoms with E-state index in [2.05, 4.69) is 5.32 Å². The first-order chi connectivity index (χ1) is 11.3. The first kappa shape index (κ1) is 15.4. The Morgan fingerprint density at radius 1 is 1.17 bits per heavy atom. The van der Waals surface area contributed by atoms with E-state index in [4.69, 9.17) is 14.2 Å². The standard InChI is InChI=1S/C18H19NO4/c1-2-21-12-13-5-3-6-14(11-13)19-18(20)15-7-4-8-16-17(15)23-10-9-22-16/h3-8,11H,2,9-10,12H2,1H3,(H,19,20). The van der Waals surface area contributed by atoms with Gasteiger partial charge in [0.05, 0.1) is 12.2 Å². The number of benzene rings is 2. The van der Waals surface area contributed by atoms with Crippen LogP contribution in [0.3, 0.4) is 0 Å². The number of carbonyl (C=O) groups is 1. The Morgan fingerprint density at radius 2 is 2.00 bits per heavy atom. The molecule has 0 saturated heterocycles. The molecular weight excluding hydrogens is 294 g/mol. The normalized spacial score (nSPS) is 12.7. The predicted octanol–water partition coefficient (Wildman–Crippen LogP) is 3.25. The average molecular weight is 313 g/mol. The van der Waals surface area contributed by atoms with E-state index in [0.29, 0.717) is 43.5 Å². The smallest absolute Gasteiger partial charge is 0.259 e. The highest BCUT2D eigenvalue weighted by molar-refractivity contribution is 6.06. The summed E-state index contributed by atoms with van der Waals surface area (Å²) >= 11 is 0. The van der Waals surface area contributed by atoms with Crippen LogP contribution in [-0.4, -0.2) is 25.7 Å². The molecular formula is C18H19NO4. The number of amides is 1. The van der Waals surface area contributed by atoms with Gasteiger partial charge in [-0.3, -0.25) is 4.79 Å². The van der Waals surface area contributed by atoms with Crippen molar-refractivity contribution in [2.45, 2.75) is 13.5 Å². The number of hydrogen-bond acceptors (Lipinski definition) is 4. The zero-order chi connectivity index (χ0) is 16.1. The SMILES string of the molecule is CCOCc1cccc(NC(=O)c2cccc3c2OCCO3)c1. The highest BCUT2D eigenvalue weighted by Crippen LogP contribution is 2.33. The number of hydrogen-bond donors (Lipinski definition) is 1. The van der Waals surface area contributed by atoms with Crippen molar-refractivity contribution in [3.63, 3.8) is 0 Å². The van der Waals surface area contributed by atoms with E-state index in [-0.39, 0.29) is 5.91 Å². The summed E-state index contributed by atoms with van der Waals surface area (Å²) in [7, 11) is 0. The molecule has 120 valence electrons. The number of anilines is 1. The Balaban J connectivity index is 1.77. The maximum atomic E-state index is 12.5. The van der Waals surface area contributed by atoms with E-state index in [1.165, 1.54) is 0 Å². The van der Waals surface area contributed by atoms with Crippen molar-refractivity contribution < 1.29 is 19.0 Å². The highest BCUT2D eigenvalue weighted by atomic mass is 16.6. The van der Waals surface area contributed by atoms with Crippen molar-refractivity contribution in [1.29, 1.82) is 0 Å². The van der Waals surface area contributed by atoms with Gasteiger partial charge in [-0.15, -0.1) is 0 Å². The molecule has 0 spiro atoms. The maximum Gasteiger partial charge on any atom is 0.259 e. The number of fused-ring (bicyclic) bond motifs is 1. The van der Waals surface area contributed by atoms with E-state index in [9.17, 15) is 4.79 Å². The van der Waals surface area contributed by atoms with Gasteiger partial charge in [0.25, 0.3) is 5.91 Å². The monoisotopic (exact) mass is 313 g/mol. The van der Waals surface area contributed by atoms with Crippen LogP contribution in [0.1, 0.15) is 22.8 Å². The van der Waals surface area contributed by atoms with E-state index in [1.807, 2.05) is 31.2 Å². The van der Waals surface area contributed by atoms with Gasteiger partial charge in [-0.2, -0.15) is 0 Å². The van der Waals surface area contributed by atoms with Gasteiger partial charge in [0, 0.05) is 12.3 Å². The zero-order valence-corrected chi connectivity index (χ0v) is 13.0. The number of nitrogens with one attached hydrogen (secondary N) is 1. The van der Waals surface area contributed by atoms with Crippen LogP contribution in [0.5, 0.6) is 11.5 Å². The summed E-state index contributed by atoms with van der Waals surface area (Å²) in [5.74, 6) is 0.886. The number of ether oxygens (including phenoxy) is 3. The third kappa shape index (κ3) is 3.63. The van der Waals surface area contributed by atoms with Crippen molar-refractivity contribution in [2.75, 3.05) is 25.1 Å². The molecule has 0 fully saturated rings. The molecule has 1 aliphatic heterocycles. The van der Waals surface area contributed by atoms with Crippen molar-refractivity contribution in [1.82, 2.24) is 0 Å². The Kier molecular flexibility index (Phi) is 4.78. The molecule has 0 radical (unpaired) electrons. The lowest BCUT2D eigenvalue weighted by molar-refractivity contribution is 0.101. The average Bonchev–Trinajstić information content (AvgIpc) is 2.59. The second-order valence-corrected chi connectivity index (χ2v) is 5.12. The number of para-hydroxylation sites is 1. The lowest BCUT2D eigenvalue weighted by Gasteiger charge is -2.20. The minimum absolute atomic E-state index is 0.221. The van der Waals surface area contributed by atoms with E-state index < -0.39 is 0 Å². The van der Waals surface area contributed by atoms with Crippen LogP contribution in [0.4, 0.5) is 5.69 Å². The van der Waals surface area contributed by atoms with Crippen LogP contribution in [0.25, 0.3) is 0 Å². The van der Waals surface area contributed by atoms with Gasteiger partial charge in [0.1, 0.15) is 13.2 Å². The Bertz CT molecular complexity index is 699. The highest BCUT2D eigenvalue weighted by Gasteiger charge is 2.20. The zero-order valence-electron chi connectivity index (χ0n) is 13.0. The molecule has 2 aromatic rings. The molecule has 3 rings (SSSR count). The number of carbonyl (C=O) groups excluding carboxylic acids is 1. The van der Waals surface area contributed by atoms with Gasteiger partial charge in [-0.25, -0.2) is 0 Å². The van der Waals surface area contributed by atoms with E-state index in [1.54, 1.807) is 18.2 Å². The fourth-order valence-corrected chi connectivity index (χ4v) is 2.41. The van der Waals surface area contributed by atoms with Gasteiger partial charge < -0.3 is 19.5 Å². The Morgan fingerprint density at radius 3 is 2.87 bits per heavy atom. The quantitative estimate of drug-likeness (QED) is 0.920. The fourth-order valence-electron chi connectivity index (χ4n) is 2.41. The van der Waals surface area contributed by atoms with Crippen LogP contribution in [0.15, 0.2) is 42.5 Å². The Labute approximate surface area is 135 Å². The molecule has 0 atom stereocenters. The molecule has 0 saturated carbocycles. The summed E-state index contributed by atoms with van der Waals surface area (Å²) in [5.41, 5.74) is 2.21. The van der Waals surface area contributed by atoms with Crippen molar-refractivity contribution >= 4 is 11.6 Å². The van der Waals surface area contributed by atoms with Crippen LogP contribution >= 0.6 is 0 Å². The van der Waals surface area contributed by atoms with Crippen molar-refractivity contribution in [3.8, 4) is 11.5 Å². The van der Waals surface area contributed by atoms with Crippen LogP contribution in [0, 0.1) is 0 Å². The van der Waals surface area contributed by atoms with Gasteiger partial charge >= 0.3 is 0 Å². The van der Waals surface area contributed by atoms with Gasteiger partial charge in [0.2, 0.25) is 0 Å². The lowest BCUT2D eigenvalue weighted by Crippen LogP contribution is -2.20. The van der Waals surface area contributed by atoms with Gasteiger partial charge in [-0.05, 0) is 36.8 Å². The third-order valence-electron chi connectivity index (χ3n) is 3.47.